The van der Waals surface area contributed by atoms with E-state index >= 15 is 0 Å². The van der Waals surface area contributed by atoms with Gasteiger partial charge in [0.1, 0.15) is 6.04 Å². The van der Waals surface area contributed by atoms with Crippen LogP contribution < -0.4 is 35.6 Å². The molecule has 5 rings (SSSR count). The van der Waals surface area contributed by atoms with Crippen LogP contribution in [-0.4, -0.2) is 50.3 Å². The minimum absolute atomic E-state index is 0.178. The van der Waals surface area contributed by atoms with Crippen molar-refractivity contribution >= 4 is 28.4 Å². The molecule has 47 heavy (non-hydrogen) atoms. The van der Waals surface area contributed by atoms with E-state index in [-0.39, 0.29) is 28.8 Å². The number of fused-ring (bicyclic) bond motifs is 4. The maximum Gasteiger partial charge on any atom is 0.242 e. The van der Waals surface area contributed by atoms with Crippen LogP contribution in [0.1, 0.15) is 50.8 Å². The van der Waals surface area contributed by atoms with Gasteiger partial charge in [-0.1, -0.05) is 38.1 Å². The monoisotopic (exact) mass is 640 g/mol. The first kappa shape index (κ1) is 33.4. The van der Waals surface area contributed by atoms with E-state index in [0.29, 0.717) is 55.2 Å². The Hall–Kier alpha value is -4.99. The smallest absolute Gasteiger partial charge is 0.242 e. The van der Waals surface area contributed by atoms with Crippen LogP contribution in [0.3, 0.4) is 0 Å². The van der Waals surface area contributed by atoms with Gasteiger partial charge in [0.05, 0.1) is 33.1 Å². The van der Waals surface area contributed by atoms with E-state index in [9.17, 15) is 14.4 Å². The average molecular weight is 641 g/mol. The highest BCUT2D eigenvalue weighted by atomic mass is 16.5. The van der Waals surface area contributed by atoms with Gasteiger partial charge in [0.2, 0.25) is 23.0 Å². The number of carbonyl (C=O) groups is 2. The number of hydrogen-bond donors (Lipinski definition) is 3. The highest BCUT2D eigenvalue weighted by Gasteiger charge is 2.30. The van der Waals surface area contributed by atoms with Gasteiger partial charge in [-0.3, -0.25) is 14.4 Å². The molecule has 0 spiro atoms. The summed E-state index contributed by atoms with van der Waals surface area (Å²) >= 11 is 0. The predicted octanol–water partition coefficient (Wildman–Crippen LogP) is 5.46. The lowest BCUT2D eigenvalue weighted by atomic mass is 9.95. The molecule has 0 saturated carbocycles. The van der Waals surface area contributed by atoms with Gasteiger partial charge in [0, 0.05) is 37.3 Å². The summed E-state index contributed by atoms with van der Waals surface area (Å²) in [5.74, 6) is 1.26. The second kappa shape index (κ2) is 14.6. The Morgan fingerprint density at radius 2 is 1.74 bits per heavy atom. The number of hydrogen-bond acceptors (Lipinski definition) is 7. The second-order valence-corrected chi connectivity index (χ2v) is 12.3. The van der Waals surface area contributed by atoms with Crippen molar-refractivity contribution in [3.63, 3.8) is 0 Å². The number of aromatic nitrogens is 1. The van der Waals surface area contributed by atoms with Crippen LogP contribution in [0.5, 0.6) is 17.2 Å². The first-order valence-corrected chi connectivity index (χ1v) is 16.0. The van der Waals surface area contributed by atoms with E-state index in [2.05, 4.69) is 38.7 Å². The van der Waals surface area contributed by atoms with Crippen LogP contribution in [-0.2, 0) is 22.6 Å². The zero-order chi connectivity index (χ0) is 33.7. The quantitative estimate of drug-likeness (QED) is 0.188. The molecular weight excluding hydrogens is 596 g/mol. The maximum atomic E-state index is 13.9. The normalized spacial score (nSPS) is 14.4. The van der Waals surface area contributed by atoms with Gasteiger partial charge in [-0.05, 0) is 77.6 Å². The highest BCUT2D eigenvalue weighted by Crippen LogP contribution is 2.50. The Morgan fingerprint density at radius 3 is 2.45 bits per heavy atom. The summed E-state index contributed by atoms with van der Waals surface area (Å²) in [4.78, 5) is 39.7. The molecule has 3 N–H and O–H groups in total. The topological polar surface area (TPSA) is 120 Å². The molecule has 1 aliphatic rings. The number of ether oxygens (including phenoxy) is 3. The molecule has 0 saturated heterocycles. The van der Waals surface area contributed by atoms with E-state index in [1.807, 2.05) is 44.3 Å². The van der Waals surface area contributed by atoms with Crippen molar-refractivity contribution in [2.75, 3.05) is 33.2 Å². The minimum Gasteiger partial charge on any atom is -0.493 e. The number of nitrogens with zero attached hydrogens (tertiary/aromatic N) is 1. The van der Waals surface area contributed by atoms with Crippen LogP contribution in [0.4, 0.5) is 5.69 Å². The van der Waals surface area contributed by atoms with Gasteiger partial charge in [0.25, 0.3) is 0 Å². The molecule has 0 fully saturated rings. The Labute approximate surface area is 275 Å². The molecule has 3 aromatic carbocycles. The number of para-hydroxylation sites is 1. The molecule has 2 atom stereocenters. The largest absolute Gasteiger partial charge is 0.493 e. The van der Waals surface area contributed by atoms with Gasteiger partial charge < -0.3 is 34.7 Å². The van der Waals surface area contributed by atoms with E-state index < -0.39 is 12.1 Å². The van der Waals surface area contributed by atoms with E-state index in [1.54, 1.807) is 33.5 Å². The van der Waals surface area contributed by atoms with Gasteiger partial charge in [0.15, 0.2) is 11.5 Å². The molecule has 2 amide bonds. The van der Waals surface area contributed by atoms with Crippen molar-refractivity contribution in [3.8, 4) is 28.4 Å². The molecule has 0 radical (unpaired) electrons. The molecule has 0 bridgehead atoms. The van der Waals surface area contributed by atoms with Crippen molar-refractivity contribution < 1.29 is 23.8 Å². The summed E-state index contributed by atoms with van der Waals surface area (Å²) in [6, 6.07) is 16.2. The number of nitrogens with one attached hydrogen (secondary N) is 3. The zero-order valence-corrected chi connectivity index (χ0v) is 27.9. The minimum atomic E-state index is -0.636. The standard InChI is InChI=1S/C37H44N4O6/c1-22(2)19-30(37(44)38-16-18-41-17-15-24-9-7-8-10-31(24)41)40-29-14-12-26-27(21-32(29)43)28(39-23(3)42)13-11-25-20-33(45-4)35(46-5)36(47-6)34(25)26/h7-10,12,14-15,17,20-22,28,30H,11,13,16,18-19H2,1-6H3,(H,38,44)(H,39,42)(H,40,43)/t28-,30-/m0/s1. The van der Waals surface area contributed by atoms with Crippen molar-refractivity contribution in [2.24, 2.45) is 5.92 Å². The number of benzene rings is 2. The molecule has 10 nitrogen and oxygen atoms in total. The molecule has 10 heteroatoms. The van der Waals surface area contributed by atoms with Crippen LogP contribution in [0.2, 0.25) is 0 Å². The number of carbonyl (C=O) groups excluding carboxylic acids is 2. The summed E-state index contributed by atoms with van der Waals surface area (Å²) in [6.07, 6.45) is 3.70. The second-order valence-electron chi connectivity index (χ2n) is 12.3. The van der Waals surface area contributed by atoms with Crippen LogP contribution >= 0.6 is 0 Å². The molecule has 4 aromatic rings. The van der Waals surface area contributed by atoms with Gasteiger partial charge in [-0.25, -0.2) is 0 Å². The van der Waals surface area contributed by atoms with Crippen LogP contribution in [0.25, 0.3) is 22.0 Å². The third-order valence-corrected chi connectivity index (χ3v) is 8.60. The number of methoxy groups -OCH3 is 3. The van der Waals surface area contributed by atoms with Gasteiger partial charge in [-0.15, -0.1) is 0 Å². The third-order valence-electron chi connectivity index (χ3n) is 8.60. The Kier molecular flexibility index (Phi) is 10.4. The van der Waals surface area contributed by atoms with Gasteiger partial charge in [-0.2, -0.15) is 0 Å². The van der Waals surface area contributed by atoms with Crippen molar-refractivity contribution in [1.82, 2.24) is 15.2 Å². The molecule has 0 aliphatic heterocycles. The number of rotatable bonds is 12. The predicted molar refractivity (Wildman–Crippen MR) is 184 cm³/mol. The molecule has 248 valence electrons. The lowest BCUT2D eigenvalue weighted by Gasteiger charge is -2.21. The summed E-state index contributed by atoms with van der Waals surface area (Å²) in [5, 5.41) is 10.5. The lowest BCUT2D eigenvalue weighted by Crippen LogP contribution is -2.42. The van der Waals surface area contributed by atoms with Crippen molar-refractivity contribution in [1.29, 1.82) is 0 Å². The van der Waals surface area contributed by atoms with Gasteiger partial charge >= 0.3 is 0 Å². The van der Waals surface area contributed by atoms with E-state index in [4.69, 9.17) is 14.2 Å². The fourth-order valence-electron chi connectivity index (χ4n) is 6.48. The van der Waals surface area contributed by atoms with Crippen molar-refractivity contribution in [3.05, 3.63) is 82.1 Å². The molecule has 0 unspecified atom stereocenters. The molecular formula is C37H44N4O6. The van der Waals surface area contributed by atoms with E-state index in [0.717, 1.165) is 27.6 Å². The number of amides is 2. The van der Waals surface area contributed by atoms with E-state index in [1.165, 1.54) is 6.92 Å². The average Bonchev–Trinajstić information content (AvgIpc) is 3.32. The highest BCUT2D eigenvalue weighted by molar-refractivity contribution is 5.86. The Bertz CT molecular complexity index is 1830. The van der Waals surface area contributed by atoms with Crippen molar-refractivity contribution in [2.45, 2.75) is 58.7 Å². The van der Waals surface area contributed by atoms with Crippen LogP contribution in [0.15, 0.2) is 65.6 Å². The summed E-state index contributed by atoms with van der Waals surface area (Å²) < 4.78 is 19.3. The summed E-state index contributed by atoms with van der Waals surface area (Å²) in [6.45, 7) is 6.61. The molecule has 1 aromatic heterocycles. The summed E-state index contributed by atoms with van der Waals surface area (Å²) in [5.41, 5.74) is 4.20. The fraction of sp³-hybridized carbons (Fsp3) is 0.378. The Morgan fingerprint density at radius 1 is 0.979 bits per heavy atom. The number of aryl methyl sites for hydroxylation is 1. The maximum absolute atomic E-state index is 13.9. The SMILES string of the molecule is COc1cc2c(c(OC)c1OC)-c1ccc(N[C@@H](CC(C)C)C(=O)NCCn3ccc4ccccc43)c(=O)cc1[C@@H](NC(C)=O)CC2. The summed E-state index contributed by atoms with van der Waals surface area (Å²) in [7, 11) is 4.69. The fourth-order valence-corrected chi connectivity index (χ4v) is 6.48. The first-order chi connectivity index (χ1) is 22.6. The molecule has 1 aliphatic carbocycles. The first-order valence-electron chi connectivity index (χ1n) is 16.0. The van der Waals surface area contributed by atoms with Crippen LogP contribution in [0, 0.1) is 5.92 Å². The number of anilines is 1. The zero-order valence-electron chi connectivity index (χ0n) is 27.9. The Balaban J connectivity index is 1.49. The lowest BCUT2D eigenvalue weighted by molar-refractivity contribution is -0.122. The molecule has 1 heterocycles. The third kappa shape index (κ3) is 7.21.